The van der Waals surface area contributed by atoms with Crippen LogP contribution in [0.1, 0.15) is 44.9 Å². The lowest BCUT2D eigenvalue weighted by molar-refractivity contribution is -0.152. The molecule has 1 aliphatic heterocycles. The molecule has 0 radical (unpaired) electrons. The van der Waals surface area contributed by atoms with Crippen molar-refractivity contribution in [2.24, 2.45) is 23.7 Å². The maximum absolute atomic E-state index is 12.0. The van der Waals surface area contributed by atoms with Crippen LogP contribution in [-0.2, 0) is 9.53 Å². The number of rotatable bonds is 0. The molecular formula is C13H18O2. The van der Waals surface area contributed by atoms with Gasteiger partial charge in [0.05, 0.1) is 5.92 Å². The quantitative estimate of drug-likeness (QED) is 0.569. The van der Waals surface area contributed by atoms with Crippen LogP contribution in [0.3, 0.4) is 0 Å². The standard InChI is InChI=1S/C13H18O2/c14-12-10-8-3-4-9(7-8)11(10)13(15-12)5-1-2-6-13/h8-11H,1-7H2. The van der Waals surface area contributed by atoms with Crippen LogP contribution in [0.25, 0.3) is 0 Å². The maximum Gasteiger partial charge on any atom is 0.310 e. The summed E-state index contributed by atoms with van der Waals surface area (Å²) in [4.78, 5) is 12.0. The second-order valence-corrected chi connectivity index (χ2v) is 6.08. The van der Waals surface area contributed by atoms with Crippen molar-refractivity contribution in [3.63, 3.8) is 0 Å². The Hall–Kier alpha value is -0.530. The van der Waals surface area contributed by atoms with E-state index in [9.17, 15) is 4.79 Å². The lowest BCUT2D eigenvalue weighted by Gasteiger charge is -2.33. The van der Waals surface area contributed by atoms with Gasteiger partial charge < -0.3 is 4.74 Å². The summed E-state index contributed by atoms with van der Waals surface area (Å²) in [6.07, 6.45) is 8.83. The van der Waals surface area contributed by atoms with Crippen LogP contribution >= 0.6 is 0 Å². The van der Waals surface area contributed by atoms with Crippen molar-refractivity contribution in [2.45, 2.75) is 50.5 Å². The van der Waals surface area contributed by atoms with E-state index in [-0.39, 0.29) is 11.6 Å². The second-order valence-electron chi connectivity index (χ2n) is 6.08. The van der Waals surface area contributed by atoms with Gasteiger partial charge in [0.15, 0.2) is 0 Å². The molecule has 0 aromatic carbocycles. The van der Waals surface area contributed by atoms with Gasteiger partial charge in [0.25, 0.3) is 0 Å². The van der Waals surface area contributed by atoms with Crippen LogP contribution in [-0.4, -0.2) is 11.6 Å². The summed E-state index contributed by atoms with van der Waals surface area (Å²) >= 11 is 0. The van der Waals surface area contributed by atoms with Crippen molar-refractivity contribution < 1.29 is 9.53 Å². The van der Waals surface area contributed by atoms with Crippen LogP contribution in [0.15, 0.2) is 0 Å². The minimum atomic E-state index is 0.0155. The van der Waals surface area contributed by atoms with E-state index in [2.05, 4.69) is 0 Å². The molecule has 2 heteroatoms. The Bertz CT molecular complexity index is 316. The van der Waals surface area contributed by atoms with Gasteiger partial charge >= 0.3 is 5.97 Å². The number of hydrogen-bond donors (Lipinski definition) is 0. The number of carbonyl (C=O) groups excluding carboxylic acids is 1. The van der Waals surface area contributed by atoms with E-state index < -0.39 is 0 Å². The first-order chi connectivity index (χ1) is 7.30. The van der Waals surface area contributed by atoms with Crippen molar-refractivity contribution in [3.8, 4) is 0 Å². The molecule has 4 atom stereocenters. The smallest absolute Gasteiger partial charge is 0.310 e. The fraction of sp³-hybridized carbons (Fsp3) is 0.923. The number of fused-ring (bicyclic) bond motifs is 6. The molecule has 0 aromatic rings. The molecule has 3 aliphatic carbocycles. The first kappa shape index (κ1) is 8.60. The van der Waals surface area contributed by atoms with E-state index in [0.717, 1.165) is 18.8 Å². The Morgan fingerprint density at radius 2 is 1.87 bits per heavy atom. The summed E-state index contributed by atoms with van der Waals surface area (Å²) in [6, 6.07) is 0. The van der Waals surface area contributed by atoms with Gasteiger partial charge in [-0.2, -0.15) is 0 Å². The van der Waals surface area contributed by atoms with E-state index in [1.165, 1.54) is 32.1 Å². The largest absolute Gasteiger partial charge is 0.459 e. The van der Waals surface area contributed by atoms with E-state index in [1.54, 1.807) is 0 Å². The molecule has 3 saturated carbocycles. The first-order valence-corrected chi connectivity index (χ1v) is 6.53. The molecule has 0 aromatic heterocycles. The Balaban J connectivity index is 1.77. The van der Waals surface area contributed by atoms with Crippen molar-refractivity contribution in [2.75, 3.05) is 0 Å². The third kappa shape index (κ3) is 0.896. The van der Waals surface area contributed by atoms with Gasteiger partial charge in [0, 0.05) is 5.92 Å². The SMILES string of the molecule is O=C1OC2(CCCC2)C2C3CCC(C3)C12. The highest BCUT2D eigenvalue weighted by molar-refractivity contribution is 5.77. The molecule has 15 heavy (non-hydrogen) atoms. The Kier molecular flexibility index (Phi) is 1.48. The average molecular weight is 206 g/mol. The molecule has 1 saturated heterocycles. The molecule has 1 spiro atoms. The molecule has 4 fully saturated rings. The van der Waals surface area contributed by atoms with Crippen molar-refractivity contribution in [1.29, 1.82) is 0 Å². The molecule has 1 heterocycles. The monoisotopic (exact) mass is 206 g/mol. The normalized spacial score (nSPS) is 50.0. The number of ether oxygens (including phenoxy) is 1. The molecule has 0 N–H and O–H groups in total. The lowest BCUT2D eigenvalue weighted by Crippen LogP contribution is -2.37. The van der Waals surface area contributed by atoms with Crippen LogP contribution in [0.5, 0.6) is 0 Å². The fourth-order valence-corrected chi connectivity index (χ4v) is 5.13. The highest BCUT2D eigenvalue weighted by Gasteiger charge is 2.65. The van der Waals surface area contributed by atoms with Gasteiger partial charge in [0.2, 0.25) is 0 Å². The molecule has 4 rings (SSSR count). The third-order valence-electron chi connectivity index (χ3n) is 5.55. The predicted octanol–water partition coefficient (Wildman–Crippen LogP) is 2.52. The minimum absolute atomic E-state index is 0.0155. The number of esters is 1. The Morgan fingerprint density at radius 1 is 1.13 bits per heavy atom. The first-order valence-electron chi connectivity index (χ1n) is 6.53. The topological polar surface area (TPSA) is 26.3 Å². The zero-order valence-corrected chi connectivity index (χ0v) is 9.08. The molecule has 82 valence electrons. The highest BCUT2D eigenvalue weighted by atomic mass is 16.6. The molecule has 0 amide bonds. The molecular weight excluding hydrogens is 188 g/mol. The summed E-state index contributed by atoms with van der Waals surface area (Å²) in [5.74, 6) is 2.60. The van der Waals surface area contributed by atoms with E-state index >= 15 is 0 Å². The summed E-state index contributed by atoms with van der Waals surface area (Å²) < 4.78 is 5.82. The molecule has 4 unspecified atom stereocenters. The zero-order valence-electron chi connectivity index (χ0n) is 9.08. The van der Waals surface area contributed by atoms with E-state index in [1.807, 2.05) is 0 Å². The summed E-state index contributed by atoms with van der Waals surface area (Å²) in [5.41, 5.74) is 0.0155. The van der Waals surface area contributed by atoms with Crippen LogP contribution < -0.4 is 0 Å². The van der Waals surface area contributed by atoms with Gasteiger partial charge in [-0.3, -0.25) is 4.79 Å². The molecule has 2 nitrogen and oxygen atoms in total. The Morgan fingerprint density at radius 3 is 2.67 bits per heavy atom. The van der Waals surface area contributed by atoms with Crippen molar-refractivity contribution in [1.82, 2.24) is 0 Å². The van der Waals surface area contributed by atoms with Crippen molar-refractivity contribution >= 4 is 5.97 Å². The number of carbonyl (C=O) groups is 1. The van der Waals surface area contributed by atoms with Gasteiger partial charge in [0.1, 0.15) is 5.60 Å². The van der Waals surface area contributed by atoms with E-state index in [4.69, 9.17) is 4.74 Å². The van der Waals surface area contributed by atoms with Crippen LogP contribution in [0.4, 0.5) is 0 Å². The van der Waals surface area contributed by atoms with Gasteiger partial charge in [-0.15, -0.1) is 0 Å². The van der Waals surface area contributed by atoms with Crippen molar-refractivity contribution in [3.05, 3.63) is 0 Å². The van der Waals surface area contributed by atoms with Gasteiger partial charge in [-0.1, -0.05) is 0 Å². The maximum atomic E-state index is 12.0. The van der Waals surface area contributed by atoms with Gasteiger partial charge in [-0.25, -0.2) is 0 Å². The molecule has 2 bridgehead atoms. The summed E-state index contributed by atoms with van der Waals surface area (Å²) in [7, 11) is 0. The number of hydrogen-bond acceptors (Lipinski definition) is 2. The summed E-state index contributed by atoms with van der Waals surface area (Å²) in [5, 5.41) is 0. The van der Waals surface area contributed by atoms with Crippen LogP contribution in [0.2, 0.25) is 0 Å². The lowest BCUT2D eigenvalue weighted by atomic mass is 9.71. The third-order valence-corrected chi connectivity index (χ3v) is 5.55. The summed E-state index contributed by atoms with van der Waals surface area (Å²) in [6.45, 7) is 0. The average Bonchev–Trinajstić information content (AvgIpc) is 2.93. The fourth-order valence-electron chi connectivity index (χ4n) is 5.13. The van der Waals surface area contributed by atoms with Crippen LogP contribution in [0, 0.1) is 23.7 Å². The van der Waals surface area contributed by atoms with E-state index in [0.29, 0.717) is 17.8 Å². The minimum Gasteiger partial charge on any atom is -0.459 e. The molecule has 4 aliphatic rings. The zero-order chi connectivity index (χ0) is 10.0. The second kappa shape index (κ2) is 2.58. The highest BCUT2D eigenvalue weighted by Crippen LogP contribution is 2.63. The Labute approximate surface area is 90.4 Å². The van der Waals surface area contributed by atoms with Gasteiger partial charge in [-0.05, 0) is 56.8 Å². The predicted molar refractivity (Wildman–Crippen MR) is 55.1 cm³/mol.